The second-order valence-corrected chi connectivity index (χ2v) is 8.14. The molecule has 2 aromatic rings. The molecule has 0 saturated carbocycles. The summed E-state index contributed by atoms with van der Waals surface area (Å²) in [6.45, 7) is 10.8. The minimum atomic E-state index is -0.504. The van der Waals surface area contributed by atoms with Gasteiger partial charge in [-0.1, -0.05) is 25.6 Å². The number of carbonyl (C=O) groups excluding carboxylic acids is 1. The number of ether oxygens (including phenoxy) is 1. The Hall–Kier alpha value is -2.22. The lowest BCUT2D eigenvalue weighted by Gasteiger charge is -2.19. The Balaban J connectivity index is 2.10. The maximum Gasteiger partial charge on any atom is 0.407 e. The standard InChI is InChI=1S/C19H29N5O2S/c1-6-14-17(27-16-9-8-13(20)12-22-16)15(7-2)24(23-14)11-10-21-18(25)26-19(3,4)5/h8-9,12H,6-7,10-11,20H2,1-5H3,(H,21,25). The lowest BCUT2D eigenvalue weighted by Crippen LogP contribution is -2.34. The average Bonchev–Trinajstić information content (AvgIpc) is 2.92. The van der Waals surface area contributed by atoms with E-state index >= 15 is 0 Å². The van der Waals surface area contributed by atoms with Gasteiger partial charge in [-0.15, -0.1) is 0 Å². The zero-order valence-electron chi connectivity index (χ0n) is 16.7. The number of aryl methyl sites for hydroxylation is 1. The first kappa shape index (κ1) is 21.1. The van der Waals surface area contributed by atoms with Crippen LogP contribution in [0.15, 0.2) is 28.3 Å². The third-order valence-corrected chi connectivity index (χ3v) is 4.83. The van der Waals surface area contributed by atoms with E-state index in [2.05, 4.69) is 24.1 Å². The van der Waals surface area contributed by atoms with Gasteiger partial charge in [-0.2, -0.15) is 5.10 Å². The molecule has 0 saturated heterocycles. The normalized spacial score (nSPS) is 11.4. The second-order valence-electron chi connectivity index (χ2n) is 7.11. The Morgan fingerprint density at radius 2 is 2.04 bits per heavy atom. The first-order valence-corrected chi connectivity index (χ1v) is 10.00. The van der Waals surface area contributed by atoms with Crippen LogP contribution < -0.4 is 11.1 Å². The van der Waals surface area contributed by atoms with E-state index in [1.807, 2.05) is 37.6 Å². The number of anilines is 1. The highest BCUT2D eigenvalue weighted by Gasteiger charge is 2.18. The summed E-state index contributed by atoms with van der Waals surface area (Å²) in [5, 5.41) is 8.41. The summed E-state index contributed by atoms with van der Waals surface area (Å²) in [6.07, 6.45) is 2.92. The molecule has 2 aromatic heterocycles. The van der Waals surface area contributed by atoms with E-state index in [9.17, 15) is 4.79 Å². The number of aromatic nitrogens is 3. The molecule has 2 rings (SSSR count). The second kappa shape index (κ2) is 9.12. The van der Waals surface area contributed by atoms with Crippen LogP contribution in [0.1, 0.15) is 46.0 Å². The van der Waals surface area contributed by atoms with Gasteiger partial charge in [0.15, 0.2) is 0 Å². The lowest BCUT2D eigenvalue weighted by atomic mass is 10.2. The molecule has 2 heterocycles. The Morgan fingerprint density at radius 1 is 1.30 bits per heavy atom. The largest absolute Gasteiger partial charge is 0.444 e. The number of nitrogens with one attached hydrogen (secondary N) is 1. The molecule has 148 valence electrons. The summed E-state index contributed by atoms with van der Waals surface area (Å²) in [7, 11) is 0. The predicted octanol–water partition coefficient (Wildman–Crippen LogP) is 3.66. The third-order valence-electron chi connectivity index (χ3n) is 3.70. The van der Waals surface area contributed by atoms with E-state index in [-0.39, 0.29) is 0 Å². The van der Waals surface area contributed by atoms with Crippen LogP contribution in [-0.2, 0) is 24.1 Å². The van der Waals surface area contributed by atoms with E-state index in [1.54, 1.807) is 18.0 Å². The zero-order valence-corrected chi connectivity index (χ0v) is 17.5. The Labute approximate surface area is 165 Å². The summed E-state index contributed by atoms with van der Waals surface area (Å²) < 4.78 is 7.24. The van der Waals surface area contributed by atoms with E-state index in [0.717, 1.165) is 34.2 Å². The van der Waals surface area contributed by atoms with Crippen molar-refractivity contribution >= 4 is 23.5 Å². The molecule has 7 nitrogen and oxygen atoms in total. The molecular formula is C19H29N5O2S. The van der Waals surface area contributed by atoms with Gasteiger partial charge in [-0.25, -0.2) is 9.78 Å². The average molecular weight is 392 g/mol. The van der Waals surface area contributed by atoms with Crippen molar-refractivity contribution < 1.29 is 9.53 Å². The summed E-state index contributed by atoms with van der Waals surface area (Å²) in [5.41, 5.74) is 8.04. The first-order valence-electron chi connectivity index (χ1n) is 9.18. The van der Waals surface area contributed by atoms with Gasteiger partial charge >= 0.3 is 6.09 Å². The Bertz CT molecular complexity index is 766. The molecule has 0 aliphatic carbocycles. The van der Waals surface area contributed by atoms with Crippen molar-refractivity contribution in [2.45, 2.75) is 69.5 Å². The van der Waals surface area contributed by atoms with Gasteiger partial charge in [0.1, 0.15) is 10.6 Å². The zero-order chi connectivity index (χ0) is 20.0. The first-order chi connectivity index (χ1) is 12.7. The van der Waals surface area contributed by atoms with Crippen molar-refractivity contribution in [3.63, 3.8) is 0 Å². The predicted molar refractivity (Wildman–Crippen MR) is 108 cm³/mol. The van der Waals surface area contributed by atoms with Crippen molar-refractivity contribution in [3.05, 3.63) is 29.7 Å². The molecule has 0 bridgehead atoms. The van der Waals surface area contributed by atoms with E-state index in [0.29, 0.717) is 18.8 Å². The molecule has 0 atom stereocenters. The van der Waals surface area contributed by atoms with Gasteiger partial charge in [0, 0.05) is 6.54 Å². The van der Waals surface area contributed by atoms with Gasteiger partial charge in [0.2, 0.25) is 0 Å². The highest BCUT2D eigenvalue weighted by Crippen LogP contribution is 2.33. The van der Waals surface area contributed by atoms with Crippen LogP contribution in [0.2, 0.25) is 0 Å². The van der Waals surface area contributed by atoms with Crippen LogP contribution in [0, 0.1) is 0 Å². The van der Waals surface area contributed by atoms with Crippen LogP contribution in [0.3, 0.4) is 0 Å². The number of rotatable bonds is 7. The van der Waals surface area contributed by atoms with Crippen molar-refractivity contribution in [2.75, 3.05) is 12.3 Å². The summed E-state index contributed by atoms with van der Waals surface area (Å²) in [6, 6.07) is 3.77. The molecule has 0 spiro atoms. The Kier molecular flexibility index (Phi) is 7.12. The van der Waals surface area contributed by atoms with Crippen LogP contribution in [0.4, 0.5) is 10.5 Å². The summed E-state index contributed by atoms with van der Waals surface area (Å²) in [5.74, 6) is 0. The monoisotopic (exact) mass is 391 g/mol. The van der Waals surface area contributed by atoms with Crippen LogP contribution in [0.5, 0.6) is 0 Å². The van der Waals surface area contributed by atoms with Crippen LogP contribution >= 0.6 is 11.8 Å². The highest BCUT2D eigenvalue weighted by atomic mass is 32.2. The smallest absolute Gasteiger partial charge is 0.407 e. The Morgan fingerprint density at radius 3 is 2.59 bits per heavy atom. The van der Waals surface area contributed by atoms with Crippen LogP contribution in [-0.4, -0.2) is 33.0 Å². The molecule has 0 aliphatic rings. The SMILES string of the molecule is CCc1nn(CCNC(=O)OC(C)(C)C)c(CC)c1Sc1ccc(N)cn1. The number of amides is 1. The van der Waals surface area contributed by atoms with Crippen molar-refractivity contribution in [1.29, 1.82) is 0 Å². The molecule has 0 radical (unpaired) electrons. The fourth-order valence-electron chi connectivity index (χ4n) is 2.55. The molecule has 0 aliphatic heterocycles. The molecule has 27 heavy (non-hydrogen) atoms. The van der Waals surface area contributed by atoms with Crippen molar-refractivity contribution in [1.82, 2.24) is 20.1 Å². The minimum Gasteiger partial charge on any atom is -0.444 e. The topological polar surface area (TPSA) is 95.1 Å². The lowest BCUT2D eigenvalue weighted by molar-refractivity contribution is 0.0525. The maximum absolute atomic E-state index is 11.8. The van der Waals surface area contributed by atoms with Gasteiger partial charge in [0.25, 0.3) is 0 Å². The van der Waals surface area contributed by atoms with Gasteiger partial charge < -0.3 is 15.8 Å². The van der Waals surface area contributed by atoms with Crippen molar-refractivity contribution in [3.8, 4) is 0 Å². The van der Waals surface area contributed by atoms with Crippen LogP contribution in [0.25, 0.3) is 0 Å². The summed E-state index contributed by atoms with van der Waals surface area (Å²) in [4.78, 5) is 17.3. The fraction of sp³-hybridized carbons (Fsp3) is 0.526. The number of pyridine rings is 1. The molecule has 1 amide bonds. The fourth-order valence-corrected chi connectivity index (χ4v) is 3.67. The molecule has 0 unspecified atom stereocenters. The highest BCUT2D eigenvalue weighted by molar-refractivity contribution is 7.99. The van der Waals surface area contributed by atoms with Crippen molar-refractivity contribution in [2.24, 2.45) is 0 Å². The molecule has 3 N–H and O–H groups in total. The number of nitrogens with two attached hydrogens (primary N) is 1. The maximum atomic E-state index is 11.8. The molecule has 0 fully saturated rings. The number of nitrogens with zero attached hydrogens (tertiary/aromatic N) is 3. The number of alkyl carbamates (subject to hydrolysis) is 1. The minimum absolute atomic E-state index is 0.413. The quantitative estimate of drug-likeness (QED) is 0.748. The molecule has 8 heteroatoms. The van der Waals surface area contributed by atoms with E-state index in [4.69, 9.17) is 15.6 Å². The van der Waals surface area contributed by atoms with E-state index < -0.39 is 11.7 Å². The van der Waals surface area contributed by atoms with E-state index in [1.165, 1.54) is 0 Å². The number of hydrogen-bond acceptors (Lipinski definition) is 6. The number of nitrogen functional groups attached to an aromatic ring is 1. The van der Waals surface area contributed by atoms with Gasteiger partial charge in [-0.05, 0) is 45.7 Å². The molecule has 0 aromatic carbocycles. The summed E-state index contributed by atoms with van der Waals surface area (Å²) >= 11 is 1.61. The third kappa shape index (κ3) is 6.16. The number of carbonyl (C=O) groups is 1. The van der Waals surface area contributed by atoms with Gasteiger partial charge in [-0.3, -0.25) is 4.68 Å². The van der Waals surface area contributed by atoms with Gasteiger partial charge in [0.05, 0.1) is 34.7 Å². The molecular weight excluding hydrogens is 362 g/mol. The number of hydrogen-bond donors (Lipinski definition) is 2.